The minimum Gasteiger partial charge on any atom is -0.494 e. The predicted octanol–water partition coefficient (Wildman–Crippen LogP) is 3.95. The van der Waals surface area contributed by atoms with E-state index in [-0.39, 0.29) is 18.0 Å². The third-order valence-corrected chi connectivity index (χ3v) is 3.96. The summed E-state index contributed by atoms with van der Waals surface area (Å²) >= 11 is 0. The number of nitrogens with zero attached hydrogens (tertiary/aromatic N) is 1. The van der Waals surface area contributed by atoms with Gasteiger partial charge in [0.2, 0.25) is 0 Å². The number of halogens is 4. The number of aryl methyl sites for hydroxylation is 1. The van der Waals surface area contributed by atoms with Crippen LogP contribution in [0, 0.1) is 12.7 Å². The molecule has 0 saturated heterocycles. The van der Waals surface area contributed by atoms with Crippen LogP contribution in [0.25, 0.3) is 0 Å². The van der Waals surface area contributed by atoms with Gasteiger partial charge in [-0.15, -0.1) is 0 Å². The molecule has 0 radical (unpaired) electrons. The molecule has 0 aliphatic heterocycles. The number of hydrogen-bond donors (Lipinski definition) is 2. The first-order valence-electron chi connectivity index (χ1n) is 8.78. The number of rotatable bonds is 7. The summed E-state index contributed by atoms with van der Waals surface area (Å²) in [6.07, 6.45) is -4.42. The van der Waals surface area contributed by atoms with E-state index in [2.05, 4.69) is 15.6 Å². The highest BCUT2D eigenvalue weighted by Gasteiger charge is 2.28. The average Bonchev–Trinajstić information content (AvgIpc) is 2.67. The molecule has 0 fully saturated rings. The summed E-state index contributed by atoms with van der Waals surface area (Å²) in [4.78, 5) is 4.06. The van der Waals surface area contributed by atoms with Gasteiger partial charge in [0.25, 0.3) is 0 Å². The average molecular weight is 413 g/mol. The summed E-state index contributed by atoms with van der Waals surface area (Å²) in [5, 5.41) is 6.03. The SMILES string of the molecule is CN=C(NCc1ccc(OC)c(F)c1)NCc1ccc(C)cc1OCC(F)(F)F. The molecule has 2 aromatic carbocycles. The van der Waals surface area contributed by atoms with Crippen molar-refractivity contribution in [3.05, 3.63) is 58.9 Å². The van der Waals surface area contributed by atoms with E-state index in [1.165, 1.54) is 19.2 Å². The predicted molar refractivity (Wildman–Crippen MR) is 103 cm³/mol. The first-order chi connectivity index (χ1) is 13.7. The lowest BCUT2D eigenvalue weighted by atomic mass is 10.1. The second-order valence-electron chi connectivity index (χ2n) is 6.26. The van der Waals surface area contributed by atoms with Gasteiger partial charge in [-0.05, 0) is 36.2 Å². The van der Waals surface area contributed by atoms with Gasteiger partial charge >= 0.3 is 6.18 Å². The minimum atomic E-state index is -4.42. The van der Waals surface area contributed by atoms with Gasteiger partial charge in [-0.2, -0.15) is 13.2 Å². The number of ether oxygens (including phenoxy) is 2. The molecule has 2 aromatic rings. The van der Waals surface area contributed by atoms with E-state index in [9.17, 15) is 17.6 Å². The van der Waals surface area contributed by atoms with Crippen molar-refractivity contribution in [1.29, 1.82) is 0 Å². The van der Waals surface area contributed by atoms with Crippen molar-refractivity contribution in [2.75, 3.05) is 20.8 Å². The molecule has 9 heteroatoms. The number of alkyl halides is 3. The Labute approximate surface area is 166 Å². The van der Waals surface area contributed by atoms with Crippen LogP contribution in [-0.2, 0) is 13.1 Å². The lowest BCUT2D eigenvalue weighted by Gasteiger charge is -2.16. The number of guanidine groups is 1. The van der Waals surface area contributed by atoms with Gasteiger partial charge in [0.15, 0.2) is 24.1 Å². The Morgan fingerprint density at radius 2 is 1.76 bits per heavy atom. The lowest BCUT2D eigenvalue weighted by Crippen LogP contribution is -2.36. The second-order valence-corrected chi connectivity index (χ2v) is 6.26. The lowest BCUT2D eigenvalue weighted by molar-refractivity contribution is -0.153. The van der Waals surface area contributed by atoms with Gasteiger partial charge in [-0.25, -0.2) is 4.39 Å². The van der Waals surface area contributed by atoms with Gasteiger partial charge in [-0.1, -0.05) is 18.2 Å². The largest absolute Gasteiger partial charge is 0.494 e. The minimum absolute atomic E-state index is 0.155. The Morgan fingerprint density at radius 3 is 2.38 bits per heavy atom. The molecular weight excluding hydrogens is 390 g/mol. The van der Waals surface area contributed by atoms with E-state index in [4.69, 9.17) is 9.47 Å². The summed E-state index contributed by atoms with van der Waals surface area (Å²) in [6, 6.07) is 9.62. The zero-order chi connectivity index (χ0) is 21.4. The normalized spacial score (nSPS) is 11.9. The molecule has 0 spiro atoms. The first-order valence-corrected chi connectivity index (χ1v) is 8.78. The number of hydrogen-bond acceptors (Lipinski definition) is 3. The van der Waals surface area contributed by atoms with Crippen molar-refractivity contribution < 1.29 is 27.0 Å². The molecule has 0 aromatic heterocycles. The van der Waals surface area contributed by atoms with Crippen molar-refractivity contribution >= 4 is 5.96 Å². The number of nitrogens with one attached hydrogen (secondary N) is 2. The Hall–Kier alpha value is -2.97. The van der Waals surface area contributed by atoms with Crippen LogP contribution in [0.1, 0.15) is 16.7 Å². The third kappa shape index (κ3) is 7.17. The fraction of sp³-hybridized carbons (Fsp3) is 0.350. The van der Waals surface area contributed by atoms with Crippen LogP contribution in [0.2, 0.25) is 0 Å². The molecule has 5 nitrogen and oxygen atoms in total. The van der Waals surface area contributed by atoms with Gasteiger partial charge in [0, 0.05) is 25.7 Å². The van der Waals surface area contributed by atoms with Crippen LogP contribution in [0.4, 0.5) is 17.6 Å². The molecule has 0 amide bonds. The van der Waals surface area contributed by atoms with Crippen LogP contribution in [0.5, 0.6) is 11.5 Å². The molecular formula is C20H23F4N3O2. The molecule has 0 atom stereocenters. The van der Waals surface area contributed by atoms with Crippen molar-refractivity contribution in [2.45, 2.75) is 26.2 Å². The highest BCUT2D eigenvalue weighted by Crippen LogP contribution is 2.23. The molecule has 2 rings (SSSR count). The molecule has 29 heavy (non-hydrogen) atoms. The van der Waals surface area contributed by atoms with E-state index in [1.807, 2.05) is 0 Å². The summed E-state index contributed by atoms with van der Waals surface area (Å²) in [5.74, 6) is 0.244. The van der Waals surface area contributed by atoms with Gasteiger partial charge in [0.05, 0.1) is 7.11 Å². The van der Waals surface area contributed by atoms with Crippen molar-refractivity contribution in [1.82, 2.24) is 10.6 Å². The Kier molecular flexibility index (Phi) is 7.69. The Balaban J connectivity index is 1.97. The maximum atomic E-state index is 13.8. The number of aliphatic imine (C=N–C) groups is 1. The molecule has 0 aliphatic carbocycles. The van der Waals surface area contributed by atoms with E-state index >= 15 is 0 Å². The zero-order valence-corrected chi connectivity index (χ0v) is 16.4. The Bertz CT molecular complexity index is 854. The topological polar surface area (TPSA) is 54.9 Å². The van der Waals surface area contributed by atoms with E-state index < -0.39 is 18.6 Å². The zero-order valence-electron chi connectivity index (χ0n) is 16.4. The molecule has 2 N–H and O–H groups in total. The van der Waals surface area contributed by atoms with Gasteiger partial charge < -0.3 is 20.1 Å². The highest BCUT2D eigenvalue weighted by atomic mass is 19.4. The molecule has 0 aliphatic rings. The van der Waals surface area contributed by atoms with Crippen LogP contribution in [-0.4, -0.2) is 32.9 Å². The number of methoxy groups -OCH3 is 1. The Morgan fingerprint density at radius 1 is 1.03 bits per heavy atom. The standard InChI is InChI=1S/C20H23F4N3O2/c1-13-4-6-15(18(8-13)29-12-20(22,23)24)11-27-19(25-2)26-10-14-5-7-17(28-3)16(21)9-14/h4-9H,10-12H2,1-3H3,(H2,25,26,27). The second kappa shape index (κ2) is 9.99. The van der Waals surface area contributed by atoms with Gasteiger partial charge in [-0.3, -0.25) is 4.99 Å². The summed E-state index contributed by atoms with van der Waals surface area (Å²) in [6.45, 7) is 0.904. The molecule has 0 bridgehead atoms. The van der Waals surface area contributed by atoms with Crippen LogP contribution in [0.3, 0.4) is 0 Å². The van der Waals surface area contributed by atoms with Crippen LogP contribution < -0.4 is 20.1 Å². The summed E-state index contributed by atoms with van der Waals surface area (Å²) in [5.41, 5.74) is 2.02. The third-order valence-electron chi connectivity index (χ3n) is 3.96. The van der Waals surface area contributed by atoms with E-state index in [0.29, 0.717) is 23.6 Å². The maximum Gasteiger partial charge on any atom is 0.422 e. The van der Waals surface area contributed by atoms with E-state index in [1.54, 1.807) is 38.2 Å². The fourth-order valence-electron chi connectivity index (χ4n) is 2.51. The summed E-state index contributed by atoms with van der Waals surface area (Å²) < 4.78 is 61.0. The smallest absolute Gasteiger partial charge is 0.422 e. The highest BCUT2D eigenvalue weighted by molar-refractivity contribution is 5.79. The molecule has 0 heterocycles. The molecule has 0 unspecified atom stereocenters. The maximum absolute atomic E-state index is 13.8. The van der Waals surface area contributed by atoms with Crippen molar-refractivity contribution in [2.24, 2.45) is 4.99 Å². The molecule has 0 saturated carbocycles. The first kappa shape index (κ1) is 22.3. The summed E-state index contributed by atoms with van der Waals surface area (Å²) in [7, 11) is 2.94. The fourth-order valence-corrected chi connectivity index (χ4v) is 2.51. The van der Waals surface area contributed by atoms with Crippen molar-refractivity contribution in [3.8, 4) is 11.5 Å². The van der Waals surface area contributed by atoms with Crippen LogP contribution >= 0.6 is 0 Å². The van der Waals surface area contributed by atoms with Crippen molar-refractivity contribution in [3.63, 3.8) is 0 Å². The van der Waals surface area contributed by atoms with E-state index in [0.717, 1.165) is 5.56 Å². The molecule has 158 valence electrons. The quantitative estimate of drug-likeness (QED) is 0.410. The van der Waals surface area contributed by atoms with Crippen LogP contribution in [0.15, 0.2) is 41.4 Å². The van der Waals surface area contributed by atoms with Gasteiger partial charge in [0.1, 0.15) is 5.75 Å². The monoisotopic (exact) mass is 413 g/mol. The number of benzene rings is 2.